The molecule has 1 N–H and O–H groups in total. The third kappa shape index (κ3) is 3.70. The van der Waals surface area contributed by atoms with Crippen LogP contribution < -0.4 is 10.2 Å². The van der Waals surface area contributed by atoms with Crippen LogP contribution in [0.5, 0.6) is 0 Å². The van der Waals surface area contributed by atoms with Gasteiger partial charge < -0.3 is 10.1 Å². The van der Waals surface area contributed by atoms with E-state index in [9.17, 15) is 9.59 Å². The largest absolute Gasteiger partial charge is 0.373 e. The van der Waals surface area contributed by atoms with E-state index in [1.807, 2.05) is 47.3 Å². The van der Waals surface area contributed by atoms with Crippen LogP contribution in [0, 0.1) is 5.92 Å². The molecule has 3 aliphatic rings. The summed E-state index contributed by atoms with van der Waals surface area (Å²) in [6.45, 7) is 1.90. The molecule has 2 aromatic carbocycles. The van der Waals surface area contributed by atoms with Crippen LogP contribution >= 0.6 is 11.6 Å². The lowest BCUT2D eigenvalue weighted by atomic mass is 9.72. The van der Waals surface area contributed by atoms with E-state index in [4.69, 9.17) is 16.3 Å². The van der Waals surface area contributed by atoms with Crippen molar-refractivity contribution in [2.24, 2.45) is 5.92 Å². The number of benzene rings is 2. The Morgan fingerprint density at radius 2 is 1.89 bits per heavy atom. The molecule has 0 bridgehead atoms. The van der Waals surface area contributed by atoms with Crippen molar-refractivity contribution in [3.05, 3.63) is 77.3 Å². The summed E-state index contributed by atoms with van der Waals surface area (Å²) in [4.78, 5) is 32.6. The van der Waals surface area contributed by atoms with Gasteiger partial charge in [0, 0.05) is 33.6 Å². The summed E-state index contributed by atoms with van der Waals surface area (Å²) < 4.78 is 7.71. The maximum absolute atomic E-state index is 13.7. The summed E-state index contributed by atoms with van der Waals surface area (Å²) in [6, 6.07) is 12.9. The van der Waals surface area contributed by atoms with E-state index in [-0.39, 0.29) is 23.8 Å². The molecule has 9 heteroatoms. The fraction of sp³-hybridized carbons (Fsp3) is 0.310. The number of imide groups is 1. The van der Waals surface area contributed by atoms with E-state index >= 15 is 0 Å². The van der Waals surface area contributed by atoms with Gasteiger partial charge in [0.1, 0.15) is 0 Å². The Morgan fingerprint density at radius 1 is 1.00 bits per heavy atom. The van der Waals surface area contributed by atoms with Gasteiger partial charge in [0.05, 0.1) is 49.5 Å². The highest BCUT2D eigenvalue weighted by molar-refractivity contribution is 6.32. The van der Waals surface area contributed by atoms with E-state index in [0.717, 1.165) is 46.1 Å². The topological polar surface area (TPSA) is 89.3 Å². The third-order valence-corrected chi connectivity index (χ3v) is 8.50. The maximum atomic E-state index is 13.7. The van der Waals surface area contributed by atoms with E-state index in [1.165, 1.54) is 4.90 Å². The molecule has 192 valence electrons. The van der Waals surface area contributed by atoms with Crippen LogP contribution in [0.4, 0.5) is 10.5 Å². The van der Waals surface area contributed by atoms with Crippen molar-refractivity contribution in [2.75, 3.05) is 11.5 Å². The van der Waals surface area contributed by atoms with Gasteiger partial charge in [0.25, 0.3) is 0 Å². The molecular weight excluding hydrogens is 502 g/mol. The quantitative estimate of drug-likeness (QED) is 0.391. The van der Waals surface area contributed by atoms with Crippen molar-refractivity contribution < 1.29 is 14.3 Å². The zero-order chi connectivity index (χ0) is 25.8. The molecule has 3 amide bonds. The molecule has 2 fully saturated rings. The summed E-state index contributed by atoms with van der Waals surface area (Å²) in [6.07, 6.45) is 7.32. The predicted octanol–water partition coefficient (Wildman–Crippen LogP) is 5.29. The lowest BCUT2D eigenvalue weighted by Crippen LogP contribution is -2.61. The number of anilines is 1. The molecule has 7 rings (SSSR count). The van der Waals surface area contributed by atoms with E-state index in [1.54, 1.807) is 12.4 Å². The normalized spacial score (nSPS) is 23.2. The Balaban J connectivity index is 1.20. The summed E-state index contributed by atoms with van der Waals surface area (Å²) in [5, 5.41) is 10.1. The molecule has 1 aliphatic carbocycles. The second-order valence-corrected chi connectivity index (χ2v) is 10.6. The number of fused-ring (bicyclic) bond motifs is 3. The van der Waals surface area contributed by atoms with Crippen LogP contribution in [0.2, 0.25) is 5.02 Å². The van der Waals surface area contributed by atoms with Crippen LogP contribution in [0.3, 0.4) is 0 Å². The van der Waals surface area contributed by atoms with Crippen molar-refractivity contribution in [1.82, 2.24) is 20.1 Å². The van der Waals surface area contributed by atoms with E-state index in [2.05, 4.69) is 21.5 Å². The number of hydrogen-bond donors (Lipinski definition) is 1. The Hall–Kier alpha value is -3.75. The van der Waals surface area contributed by atoms with Gasteiger partial charge in [-0.2, -0.15) is 5.10 Å². The monoisotopic (exact) mass is 527 g/mol. The zero-order valence-electron chi connectivity index (χ0n) is 20.6. The van der Waals surface area contributed by atoms with Gasteiger partial charge in [-0.15, -0.1) is 0 Å². The number of rotatable bonds is 3. The van der Waals surface area contributed by atoms with Crippen LogP contribution in [0.15, 0.2) is 61.1 Å². The predicted molar refractivity (Wildman–Crippen MR) is 144 cm³/mol. The van der Waals surface area contributed by atoms with Crippen LogP contribution in [-0.4, -0.2) is 39.4 Å². The fourth-order valence-electron chi connectivity index (χ4n) is 6.37. The van der Waals surface area contributed by atoms with Crippen LogP contribution in [-0.2, 0) is 22.7 Å². The molecule has 38 heavy (non-hydrogen) atoms. The van der Waals surface area contributed by atoms with Crippen molar-refractivity contribution in [1.29, 1.82) is 0 Å². The van der Waals surface area contributed by atoms with Gasteiger partial charge in [-0.1, -0.05) is 48.0 Å². The fourth-order valence-corrected chi connectivity index (χ4v) is 6.70. The smallest absolute Gasteiger partial charge is 0.329 e. The molecule has 1 saturated heterocycles. The SMILES string of the molecule is O=C1NC2CC(c3c(Cl)cccc3-c3cnn4c3COCC4)CCC2C(=O)N1c1cncc2ccccc12. The summed E-state index contributed by atoms with van der Waals surface area (Å²) >= 11 is 6.83. The first kappa shape index (κ1) is 23.4. The first-order valence-electron chi connectivity index (χ1n) is 13.0. The average molecular weight is 528 g/mol. The third-order valence-electron chi connectivity index (χ3n) is 8.17. The lowest BCUT2D eigenvalue weighted by molar-refractivity contribution is -0.124. The van der Waals surface area contributed by atoms with E-state index < -0.39 is 6.03 Å². The van der Waals surface area contributed by atoms with Gasteiger partial charge in [-0.05, 0) is 42.4 Å². The molecule has 4 aromatic rings. The minimum absolute atomic E-state index is 0.0962. The number of urea groups is 1. The molecule has 1 saturated carbocycles. The van der Waals surface area contributed by atoms with Crippen molar-refractivity contribution in [3.8, 4) is 11.1 Å². The number of pyridine rings is 1. The molecule has 3 atom stereocenters. The van der Waals surface area contributed by atoms with Gasteiger partial charge in [-0.25, -0.2) is 9.69 Å². The summed E-state index contributed by atoms with van der Waals surface area (Å²) in [5.41, 5.74) is 4.70. The summed E-state index contributed by atoms with van der Waals surface area (Å²) in [7, 11) is 0. The molecule has 2 aromatic heterocycles. The molecule has 2 aliphatic heterocycles. The Kier molecular flexibility index (Phi) is 5.67. The average Bonchev–Trinajstić information content (AvgIpc) is 3.37. The highest BCUT2D eigenvalue weighted by Crippen LogP contribution is 2.45. The first-order valence-corrected chi connectivity index (χ1v) is 13.4. The molecule has 0 spiro atoms. The van der Waals surface area contributed by atoms with E-state index in [0.29, 0.717) is 36.8 Å². The number of nitrogens with zero attached hydrogens (tertiary/aromatic N) is 4. The number of aromatic nitrogens is 3. The van der Waals surface area contributed by atoms with Gasteiger partial charge in [-0.3, -0.25) is 14.5 Å². The maximum Gasteiger partial charge on any atom is 0.329 e. The molecule has 3 unspecified atom stereocenters. The molecule has 8 nitrogen and oxygen atoms in total. The second kappa shape index (κ2) is 9.22. The standard InChI is InChI=1S/C29H26ClN5O3/c30-23-7-3-6-20(22-14-32-34-10-11-38-16-26(22)34)27(23)17-8-9-21-24(12-17)33-29(37)35(28(21)36)25-15-31-13-18-4-1-2-5-19(18)25/h1-7,13-15,17,21,24H,8-12,16H2,(H,33,37). The van der Waals surface area contributed by atoms with Crippen LogP contribution in [0.1, 0.15) is 36.4 Å². The number of nitrogens with one attached hydrogen (secondary N) is 1. The van der Waals surface area contributed by atoms with Gasteiger partial charge in [0.2, 0.25) is 5.91 Å². The minimum Gasteiger partial charge on any atom is -0.373 e. The highest BCUT2D eigenvalue weighted by Gasteiger charge is 2.46. The Bertz CT molecular complexity index is 1580. The summed E-state index contributed by atoms with van der Waals surface area (Å²) in [5.74, 6) is -0.373. The van der Waals surface area contributed by atoms with Gasteiger partial charge in [0.15, 0.2) is 0 Å². The zero-order valence-corrected chi connectivity index (χ0v) is 21.4. The van der Waals surface area contributed by atoms with Gasteiger partial charge >= 0.3 is 6.03 Å². The lowest BCUT2D eigenvalue weighted by Gasteiger charge is -2.43. The second-order valence-electron chi connectivity index (χ2n) is 10.2. The van der Waals surface area contributed by atoms with Crippen molar-refractivity contribution in [3.63, 3.8) is 0 Å². The first-order chi connectivity index (χ1) is 18.6. The number of hydrogen-bond acceptors (Lipinski definition) is 5. The number of carbonyl (C=O) groups excluding carboxylic acids is 2. The highest BCUT2D eigenvalue weighted by atomic mass is 35.5. The Morgan fingerprint density at radius 3 is 2.82 bits per heavy atom. The Labute approximate surface area is 224 Å². The molecule has 4 heterocycles. The number of ether oxygens (including phenoxy) is 1. The molecular formula is C29H26ClN5O3. The number of halogens is 1. The number of amides is 3. The number of carbonyl (C=O) groups is 2. The van der Waals surface area contributed by atoms with Crippen molar-refractivity contribution >= 4 is 40.0 Å². The van der Waals surface area contributed by atoms with Crippen molar-refractivity contribution in [2.45, 2.75) is 44.4 Å². The minimum atomic E-state index is -0.405. The van der Waals surface area contributed by atoms with Crippen LogP contribution in [0.25, 0.3) is 21.9 Å². The molecule has 0 radical (unpaired) electrons.